The van der Waals surface area contributed by atoms with Gasteiger partial charge in [-0.05, 0) is 44.2 Å². The van der Waals surface area contributed by atoms with Crippen LogP contribution in [0.15, 0.2) is 42.7 Å². The Bertz CT molecular complexity index is 698. The summed E-state index contributed by atoms with van der Waals surface area (Å²) in [5.74, 6) is 2.56. The molecule has 3 rings (SSSR count). The van der Waals surface area contributed by atoms with Crippen molar-refractivity contribution < 1.29 is 4.79 Å². The zero-order chi connectivity index (χ0) is 18.2. The largest absolute Gasteiger partial charge is 0.370 e. The number of anilines is 3. The van der Waals surface area contributed by atoms with Gasteiger partial charge in [0, 0.05) is 37.8 Å². The first-order valence-electron chi connectivity index (χ1n) is 9.40. The molecule has 1 amide bonds. The van der Waals surface area contributed by atoms with Crippen LogP contribution in [0.4, 0.5) is 17.3 Å². The number of rotatable bonds is 7. The van der Waals surface area contributed by atoms with Crippen LogP contribution < -0.4 is 15.5 Å². The molecule has 1 aliphatic heterocycles. The van der Waals surface area contributed by atoms with E-state index in [0.29, 0.717) is 12.3 Å². The molecule has 2 N–H and O–H groups in total. The topological polar surface area (TPSA) is 70.2 Å². The third kappa shape index (κ3) is 5.18. The van der Waals surface area contributed by atoms with Crippen molar-refractivity contribution in [3.8, 4) is 0 Å². The van der Waals surface area contributed by atoms with Crippen LogP contribution in [0.1, 0.15) is 32.6 Å². The lowest BCUT2D eigenvalue weighted by atomic mass is 9.92. The number of para-hydroxylation sites is 1. The average Bonchev–Trinajstić information content (AvgIpc) is 2.68. The maximum atomic E-state index is 12.1. The Morgan fingerprint density at radius 3 is 2.69 bits per heavy atom. The fraction of sp³-hybridized carbons (Fsp3) is 0.450. The predicted octanol–water partition coefficient (Wildman–Crippen LogP) is 3.54. The van der Waals surface area contributed by atoms with Crippen LogP contribution in [0.25, 0.3) is 0 Å². The normalized spacial score (nSPS) is 14.9. The molecule has 0 bridgehead atoms. The van der Waals surface area contributed by atoms with E-state index in [0.717, 1.165) is 56.2 Å². The summed E-state index contributed by atoms with van der Waals surface area (Å²) in [5.41, 5.74) is 0.868. The lowest BCUT2D eigenvalue weighted by molar-refractivity contribution is -0.116. The number of nitrogens with one attached hydrogen (secondary N) is 2. The van der Waals surface area contributed by atoms with Gasteiger partial charge in [-0.3, -0.25) is 4.79 Å². The summed E-state index contributed by atoms with van der Waals surface area (Å²) in [7, 11) is 0. The number of aromatic nitrogens is 2. The van der Waals surface area contributed by atoms with Gasteiger partial charge in [0.1, 0.15) is 18.0 Å². The van der Waals surface area contributed by atoms with E-state index in [1.165, 1.54) is 0 Å². The smallest absolute Gasteiger partial charge is 0.224 e. The lowest BCUT2D eigenvalue weighted by Crippen LogP contribution is -2.34. The molecule has 0 atom stereocenters. The minimum absolute atomic E-state index is 0.102. The van der Waals surface area contributed by atoms with Gasteiger partial charge in [-0.15, -0.1) is 0 Å². The molecule has 138 valence electrons. The lowest BCUT2D eigenvalue weighted by Gasteiger charge is -2.32. The number of piperidine rings is 1. The Morgan fingerprint density at radius 1 is 1.19 bits per heavy atom. The van der Waals surface area contributed by atoms with Crippen molar-refractivity contribution >= 4 is 23.2 Å². The monoisotopic (exact) mass is 353 g/mol. The first-order valence-corrected chi connectivity index (χ1v) is 9.40. The van der Waals surface area contributed by atoms with E-state index in [2.05, 4.69) is 32.4 Å². The summed E-state index contributed by atoms with van der Waals surface area (Å²) in [6.45, 7) is 4.87. The molecule has 1 aromatic heterocycles. The molecule has 0 radical (unpaired) electrons. The highest BCUT2D eigenvalue weighted by atomic mass is 16.1. The number of nitrogens with zero attached hydrogens (tertiary/aromatic N) is 3. The van der Waals surface area contributed by atoms with E-state index in [4.69, 9.17) is 0 Å². The van der Waals surface area contributed by atoms with Crippen molar-refractivity contribution in [1.29, 1.82) is 0 Å². The van der Waals surface area contributed by atoms with Crippen LogP contribution in [0.2, 0.25) is 0 Å². The maximum absolute atomic E-state index is 12.1. The number of carbonyl (C=O) groups is 1. The molecular weight excluding hydrogens is 326 g/mol. The third-order valence-electron chi connectivity index (χ3n) is 4.79. The second-order valence-corrected chi connectivity index (χ2v) is 6.68. The minimum atomic E-state index is 0.102. The van der Waals surface area contributed by atoms with E-state index in [1.807, 2.05) is 36.4 Å². The van der Waals surface area contributed by atoms with Crippen molar-refractivity contribution in [2.75, 3.05) is 35.2 Å². The van der Waals surface area contributed by atoms with Gasteiger partial charge in [-0.25, -0.2) is 9.97 Å². The van der Waals surface area contributed by atoms with Crippen molar-refractivity contribution in [3.63, 3.8) is 0 Å². The number of amides is 1. The Balaban J connectivity index is 1.42. The van der Waals surface area contributed by atoms with Crippen LogP contribution in [0.3, 0.4) is 0 Å². The molecule has 1 aromatic carbocycles. The highest BCUT2D eigenvalue weighted by Gasteiger charge is 2.21. The molecule has 1 saturated heterocycles. The van der Waals surface area contributed by atoms with Gasteiger partial charge in [0.05, 0.1) is 0 Å². The summed E-state index contributed by atoms with van der Waals surface area (Å²) in [4.78, 5) is 23.0. The average molecular weight is 353 g/mol. The molecule has 6 nitrogen and oxygen atoms in total. The van der Waals surface area contributed by atoms with Crippen molar-refractivity contribution in [3.05, 3.63) is 42.7 Å². The zero-order valence-electron chi connectivity index (χ0n) is 15.3. The van der Waals surface area contributed by atoms with E-state index in [-0.39, 0.29) is 5.91 Å². The molecule has 2 heterocycles. The highest BCUT2D eigenvalue weighted by molar-refractivity contribution is 5.90. The molecule has 0 unspecified atom stereocenters. The van der Waals surface area contributed by atoms with E-state index >= 15 is 0 Å². The highest BCUT2D eigenvalue weighted by Crippen LogP contribution is 2.25. The Kier molecular flexibility index (Phi) is 6.41. The molecule has 6 heteroatoms. The van der Waals surface area contributed by atoms with Gasteiger partial charge in [-0.1, -0.05) is 18.2 Å². The van der Waals surface area contributed by atoms with Crippen LogP contribution in [-0.4, -0.2) is 35.5 Å². The number of carbonyl (C=O) groups excluding carboxylic acids is 1. The number of hydrogen-bond acceptors (Lipinski definition) is 5. The summed E-state index contributed by atoms with van der Waals surface area (Å²) in [5, 5.41) is 6.19. The molecule has 1 aliphatic rings. The van der Waals surface area contributed by atoms with Gasteiger partial charge in [-0.2, -0.15) is 0 Å². The summed E-state index contributed by atoms with van der Waals surface area (Å²) >= 11 is 0. The first kappa shape index (κ1) is 18.2. The fourth-order valence-corrected chi connectivity index (χ4v) is 3.33. The Hall–Kier alpha value is -2.63. The SMILES string of the molecule is CCNc1cc(N2CCC(CCC(=O)Nc3ccccc3)CC2)ncn1. The second kappa shape index (κ2) is 9.17. The maximum Gasteiger partial charge on any atom is 0.224 e. The molecule has 0 saturated carbocycles. The Morgan fingerprint density at radius 2 is 1.96 bits per heavy atom. The molecule has 26 heavy (non-hydrogen) atoms. The third-order valence-corrected chi connectivity index (χ3v) is 4.79. The minimum Gasteiger partial charge on any atom is -0.370 e. The van der Waals surface area contributed by atoms with Crippen molar-refractivity contribution in [2.24, 2.45) is 5.92 Å². The standard InChI is InChI=1S/C20H27N5O/c1-2-21-18-14-19(23-15-22-18)25-12-10-16(11-13-25)8-9-20(26)24-17-6-4-3-5-7-17/h3-7,14-16H,2,8-13H2,1H3,(H,24,26)(H,21,22,23). The predicted molar refractivity (Wildman–Crippen MR) is 105 cm³/mol. The quantitative estimate of drug-likeness (QED) is 0.797. The molecule has 2 aromatic rings. The van der Waals surface area contributed by atoms with Gasteiger partial charge in [0.2, 0.25) is 5.91 Å². The van der Waals surface area contributed by atoms with Crippen LogP contribution in [0.5, 0.6) is 0 Å². The molecule has 0 aliphatic carbocycles. The number of hydrogen-bond donors (Lipinski definition) is 2. The van der Waals surface area contributed by atoms with Crippen molar-refractivity contribution in [1.82, 2.24) is 9.97 Å². The number of benzene rings is 1. The van der Waals surface area contributed by atoms with Gasteiger partial charge < -0.3 is 15.5 Å². The second-order valence-electron chi connectivity index (χ2n) is 6.68. The summed E-state index contributed by atoms with van der Waals surface area (Å²) < 4.78 is 0. The first-order chi connectivity index (χ1) is 12.7. The van der Waals surface area contributed by atoms with E-state index in [9.17, 15) is 4.79 Å². The molecule has 0 spiro atoms. The van der Waals surface area contributed by atoms with Crippen molar-refractivity contribution in [2.45, 2.75) is 32.6 Å². The van der Waals surface area contributed by atoms with E-state index < -0.39 is 0 Å². The van der Waals surface area contributed by atoms with E-state index in [1.54, 1.807) is 6.33 Å². The zero-order valence-corrected chi connectivity index (χ0v) is 15.3. The molecule has 1 fully saturated rings. The van der Waals surface area contributed by atoms with Crippen LogP contribution >= 0.6 is 0 Å². The van der Waals surface area contributed by atoms with Gasteiger partial charge in [0.15, 0.2) is 0 Å². The van der Waals surface area contributed by atoms with Gasteiger partial charge >= 0.3 is 0 Å². The molecular formula is C20H27N5O. The van der Waals surface area contributed by atoms with Crippen LogP contribution in [0, 0.1) is 5.92 Å². The summed E-state index contributed by atoms with van der Waals surface area (Å²) in [6.07, 6.45) is 5.34. The van der Waals surface area contributed by atoms with Gasteiger partial charge in [0.25, 0.3) is 0 Å². The Labute approximate surface area is 155 Å². The van der Waals surface area contributed by atoms with Crippen LogP contribution in [-0.2, 0) is 4.79 Å². The summed E-state index contributed by atoms with van der Waals surface area (Å²) in [6, 6.07) is 11.7. The fourth-order valence-electron chi connectivity index (χ4n) is 3.33.